The van der Waals surface area contributed by atoms with Crippen LogP contribution in [0.25, 0.3) is 0 Å². The second-order valence-corrected chi connectivity index (χ2v) is 7.71. The molecule has 1 N–H and O–H groups in total. The normalized spacial score (nSPS) is 13.6. The Morgan fingerprint density at radius 2 is 2.07 bits per heavy atom. The number of hydrogen-bond donors (Lipinski definition) is 1. The third kappa shape index (κ3) is 4.90. The van der Waals surface area contributed by atoms with Gasteiger partial charge in [-0.3, -0.25) is 14.5 Å². The third-order valence-electron chi connectivity index (χ3n) is 4.24. The van der Waals surface area contributed by atoms with E-state index in [1.165, 1.54) is 17.5 Å². The Labute approximate surface area is 176 Å². The minimum absolute atomic E-state index is 0.0855. The number of rotatable bonds is 6. The van der Waals surface area contributed by atoms with E-state index in [1.807, 2.05) is 5.38 Å². The molecule has 1 aliphatic heterocycles. The molecule has 2 amide bonds. The average Bonchev–Trinajstić information content (AvgIpc) is 3.33. The fourth-order valence-corrected chi connectivity index (χ4v) is 3.85. The van der Waals surface area contributed by atoms with Crippen molar-refractivity contribution in [3.8, 4) is 11.6 Å². The third-order valence-corrected chi connectivity index (χ3v) is 5.41. The number of nitrogens with zero attached hydrogens (tertiary/aromatic N) is 3. The number of anilines is 2. The van der Waals surface area contributed by atoms with Crippen LogP contribution in [0.2, 0.25) is 5.02 Å². The quantitative estimate of drug-likeness (QED) is 0.633. The lowest BCUT2D eigenvalue weighted by molar-refractivity contribution is -0.117. The summed E-state index contributed by atoms with van der Waals surface area (Å²) >= 11 is 7.23. The van der Waals surface area contributed by atoms with Crippen molar-refractivity contribution in [3.05, 3.63) is 58.7 Å². The van der Waals surface area contributed by atoms with Crippen LogP contribution in [0, 0.1) is 0 Å². The average molecular weight is 429 g/mol. The number of benzene rings is 1. The monoisotopic (exact) mass is 428 g/mol. The van der Waals surface area contributed by atoms with Crippen LogP contribution in [0.15, 0.2) is 48.0 Å². The lowest BCUT2D eigenvalue weighted by Crippen LogP contribution is -2.23. The summed E-state index contributed by atoms with van der Waals surface area (Å²) in [6.45, 7) is 0.689. The van der Waals surface area contributed by atoms with Crippen molar-refractivity contribution in [1.82, 2.24) is 9.97 Å². The van der Waals surface area contributed by atoms with Crippen molar-refractivity contribution in [2.75, 3.05) is 16.8 Å². The summed E-state index contributed by atoms with van der Waals surface area (Å²) in [5.74, 6) is 0.907. The molecule has 2 aromatic heterocycles. The number of amides is 2. The molecule has 1 saturated heterocycles. The first-order valence-electron chi connectivity index (χ1n) is 9.01. The summed E-state index contributed by atoms with van der Waals surface area (Å²) in [5.41, 5.74) is 1.20. The first-order chi connectivity index (χ1) is 14.1. The van der Waals surface area contributed by atoms with Crippen LogP contribution in [-0.4, -0.2) is 28.3 Å². The highest BCUT2D eigenvalue weighted by Crippen LogP contribution is 2.26. The van der Waals surface area contributed by atoms with E-state index in [4.69, 9.17) is 16.3 Å². The summed E-state index contributed by atoms with van der Waals surface area (Å²) in [7, 11) is 0. The van der Waals surface area contributed by atoms with E-state index < -0.39 is 0 Å². The van der Waals surface area contributed by atoms with Gasteiger partial charge in [-0.05, 0) is 36.8 Å². The van der Waals surface area contributed by atoms with Gasteiger partial charge >= 0.3 is 0 Å². The van der Waals surface area contributed by atoms with Gasteiger partial charge in [-0.15, -0.1) is 11.3 Å². The lowest BCUT2D eigenvalue weighted by Gasteiger charge is -2.10. The molecule has 1 aliphatic rings. The zero-order chi connectivity index (χ0) is 20.2. The molecular weight excluding hydrogens is 412 g/mol. The molecule has 1 aromatic carbocycles. The van der Waals surface area contributed by atoms with Gasteiger partial charge in [0.2, 0.25) is 17.7 Å². The predicted molar refractivity (Wildman–Crippen MR) is 112 cm³/mol. The molecular formula is C20H17ClN4O3S. The molecule has 0 radical (unpaired) electrons. The Bertz CT molecular complexity index is 1020. The number of ether oxygens (including phenoxy) is 1. The predicted octanol–water partition coefficient (Wildman–Crippen LogP) is 4.29. The molecule has 1 fully saturated rings. The largest absolute Gasteiger partial charge is 0.439 e. The van der Waals surface area contributed by atoms with Crippen LogP contribution in [0.4, 0.5) is 10.8 Å². The molecule has 0 saturated carbocycles. The van der Waals surface area contributed by atoms with E-state index in [1.54, 1.807) is 41.3 Å². The molecule has 0 spiro atoms. The van der Waals surface area contributed by atoms with Crippen molar-refractivity contribution < 1.29 is 14.3 Å². The number of halogens is 1. The maximum Gasteiger partial charge on any atom is 0.230 e. The zero-order valence-corrected chi connectivity index (χ0v) is 16.9. The number of hydrogen-bond acceptors (Lipinski definition) is 6. The molecule has 3 aromatic rings. The first kappa shape index (κ1) is 19.4. The van der Waals surface area contributed by atoms with Crippen LogP contribution >= 0.6 is 22.9 Å². The fraction of sp³-hybridized carbons (Fsp3) is 0.200. The Morgan fingerprint density at radius 1 is 1.24 bits per heavy atom. The Hall–Kier alpha value is -2.97. The summed E-state index contributed by atoms with van der Waals surface area (Å²) in [5, 5.41) is 5.87. The maximum absolute atomic E-state index is 12.3. The molecule has 148 valence electrons. The van der Waals surface area contributed by atoms with Crippen molar-refractivity contribution >= 4 is 45.6 Å². The highest BCUT2D eigenvalue weighted by molar-refractivity contribution is 7.14. The van der Waals surface area contributed by atoms with Crippen molar-refractivity contribution in [2.45, 2.75) is 19.3 Å². The fourth-order valence-electron chi connectivity index (χ4n) is 2.86. The zero-order valence-electron chi connectivity index (χ0n) is 15.3. The number of carbonyl (C=O) groups is 2. The smallest absolute Gasteiger partial charge is 0.230 e. The van der Waals surface area contributed by atoms with E-state index in [0.29, 0.717) is 46.1 Å². The van der Waals surface area contributed by atoms with Crippen LogP contribution in [0.1, 0.15) is 18.5 Å². The molecule has 0 atom stereocenters. The molecule has 3 heterocycles. The summed E-state index contributed by atoms with van der Waals surface area (Å²) in [4.78, 5) is 34.4. The van der Waals surface area contributed by atoms with E-state index >= 15 is 0 Å². The topological polar surface area (TPSA) is 84.4 Å². The maximum atomic E-state index is 12.3. The molecule has 0 bridgehead atoms. The Kier molecular flexibility index (Phi) is 5.73. The molecule has 4 rings (SSSR count). The number of carbonyl (C=O) groups excluding carboxylic acids is 2. The van der Waals surface area contributed by atoms with Gasteiger partial charge in [0, 0.05) is 29.4 Å². The number of aromatic nitrogens is 2. The van der Waals surface area contributed by atoms with Gasteiger partial charge < -0.3 is 10.1 Å². The van der Waals surface area contributed by atoms with Crippen LogP contribution in [0.5, 0.6) is 11.6 Å². The second kappa shape index (κ2) is 8.59. The van der Waals surface area contributed by atoms with Crippen LogP contribution < -0.4 is 15.0 Å². The van der Waals surface area contributed by atoms with Gasteiger partial charge in [-0.1, -0.05) is 11.6 Å². The van der Waals surface area contributed by atoms with Crippen molar-refractivity contribution in [3.63, 3.8) is 0 Å². The van der Waals surface area contributed by atoms with Crippen LogP contribution in [-0.2, 0) is 16.0 Å². The summed E-state index contributed by atoms with van der Waals surface area (Å²) in [6, 6.07) is 10.3. The van der Waals surface area contributed by atoms with Crippen molar-refractivity contribution in [1.29, 1.82) is 0 Å². The highest BCUT2D eigenvalue weighted by Gasteiger charge is 2.24. The lowest BCUT2D eigenvalue weighted by atomic mass is 10.3. The summed E-state index contributed by atoms with van der Waals surface area (Å²) < 4.78 is 5.63. The number of nitrogens with one attached hydrogen (secondary N) is 1. The second-order valence-electron chi connectivity index (χ2n) is 6.44. The van der Waals surface area contributed by atoms with Crippen LogP contribution in [0.3, 0.4) is 0 Å². The standard InChI is InChI=1S/C20H17ClN4O3S/c21-13-3-6-16(7-4-13)28-18-8-5-14(11-22-18)23-17(26)10-15-12-29-20(24-15)25-9-1-2-19(25)27/h3-8,11-12H,1-2,9-10H2,(H,23,26). The minimum Gasteiger partial charge on any atom is -0.439 e. The summed E-state index contributed by atoms with van der Waals surface area (Å²) in [6.07, 6.45) is 3.05. The van der Waals surface area contributed by atoms with Gasteiger partial charge in [-0.2, -0.15) is 0 Å². The van der Waals surface area contributed by atoms with Gasteiger partial charge in [0.05, 0.1) is 24.0 Å². The molecule has 7 nitrogen and oxygen atoms in total. The molecule has 9 heteroatoms. The SMILES string of the molecule is O=C(Cc1csc(N2CCCC2=O)n1)Nc1ccc(Oc2ccc(Cl)cc2)nc1. The number of pyridine rings is 1. The number of thiazole rings is 1. The molecule has 0 unspecified atom stereocenters. The van der Waals surface area contributed by atoms with E-state index in [-0.39, 0.29) is 18.2 Å². The van der Waals surface area contributed by atoms with Crippen molar-refractivity contribution in [2.24, 2.45) is 0 Å². The Balaban J connectivity index is 1.32. The van der Waals surface area contributed by atoms with E-state index in [0.717, 1.165) is 6.42 Å². The minimum atomic E-state index is -0.206. The van der Waals surface area contributed by atoms with Gasteiger partial charge in [0.25, 0.3) is 0 Å². The van der Waals surface area contributed by atoms with Gasteiger partial charge in [0.15, 0.2) is 5.13 Å². The Morgan fingerprint density at radius 3 is 2.76 bits per heavy atom. The van der Waals surface area contributed by atoms with E-state index in [9.17, 15) is 9.59 Å². The van der Waals surface area contributed by atoms with E-state index in [2.05, 4.69) is 15.3 Å². The first-order valence-corrected chi connectivity index (χ1v) is 10.3. The molecule has 29 heavy (non-hydrogen) atoms. The molecule has 0 aliphatic carbocycles. The van der Waals surface area contributed by atoms with Gasteiger partial charge in [0.1, 0.15) is 5.75 Å². The van der Waals surface area contributed by atoms with Gasteiger partial charge in [-0.25, -0.2) is 9.97 Å². The highest BCUT2D eigenvalue weighted by atomic mass is 35.5.